The van der Waals surface area contributed by atoms with E-state index >= 15 is 0 Å². The Bertz CT molecular complexity index is 4380. The van der Waals surface area contributed by atoms with Gasteiger partial charge in [0.05, 0.1) is 75.4 Å². The van der Waals surface area contributed by atoms with Crippen molar-refractivity contribution in [2.24, 2.45) is 46.2 Å². The second-order valence-corrected chi connectivity index (χ2v) is 32.5. The van der Waals surface area contributed by atoms with Crippen LogP contribution in [0.5, 0.6) is 57.5 Å². The van der Waals surface area contributed by atoms with Gasteiger partial charge < -0.3 is 112 Å². The Labute approximate surface area is 753 Å². The second-order valence-electron chi connectivity index (χ2n) is 32.5. The molecule has 23 nitrogen and oxygen atoms in total. The number of aryl methyl sites for hydroxylation is 1. The molecule has 0 aliphatic carbocycles. The summed E-state index contributed by atoms with van der Waals surface area (Å²) in [5.74, 6) is -0.721. The van der Waals surface area contributed by atoms with Crippen LogP contribution in [0.15, 0.2) is 151 Å². The average Bonchev–Trinajstić information content (AvgIpc) is 0.833. The molecule has 8 aromatic carbocycles. The van der Waals surface area contributed by atoms with E-state index in [0.29, 0.717) is 63.1 Å². The van der Waals surface area contributed by atoms with Gasteiger partial charge >= 0.3 is 0 Å². The van der Waals surface area contributed by atoms with Gasteiger partial charge in [-0.3, -0.25) is 4.99 Å². The minimum absolute atomic E-state index is 0.0496. The summed E-state index contributed by atoms with van der Waals surface area (Å²) in [6.45, 7) is 24.9. The fourth-order valence-corrected chi connectivity index (χ4v) is 12.4. The van der Waals surface area contributed by atoms with Gasteiger partial charge in [0.15, 0.2) is 34.5 Å². The molecule has 0 fully saturated rings. The van der Waals surface area contributed by atoms with Crippen LogP contribution in [0, 0.1) is 46.7 Å². The number of hydrogen-bond donors (Lipinski definition) is 19. The minimum Gasteiger partial charge on any atom is -0.508 e. The van der Waals surface area contributed by atoms with Crippen molar-refractivity contribution in [2.45, 2.75) is 250 Å². The predicted molar refractivity (Wildman–Crippen MR) is 494 cm³/mol. The molecule has 8 aromatic rings. The quantitative estimate of drug-likeness (QED) is 0.00732. The van der Waals surface area contributed by atoms with Crippen LogP contribution in [-0.2, 0) is 46.1 Å². The Balaban J connectivity index is 0.000000732. The maximum atomic E-state index is 12.8. The highest BCUT2D eigenvalue weighted by atomic mass is 18.2. The van der Waals surface area contributed by atoms with Gasteiger partial charge in [0.2, 0.25) is 11.6 Å². The number of aliphatic imine (C=N–C) groups is 1. The number of phenols is 7. The van der Waals surface area contributed by atoms with Crippen LogP contribution in [0.4, 0.5) is 22.0 Å². The van der Waals surface area contributed by atoms with Crippen molar-refractivity contribution in [3.05, 3.63) is 224 Å². The number of nitrogens with two attached hydrogens (primary N) is 1. The van der Waals surface area contributed by atoms with Gasteiger partial charge in [-0.05, 0) is 228 Å². The molecule has 0 heterocycles. The van der Waals surface area contributed by atoms with Gasteiger partial charge in [0, 0.05) is 11.3 Å². The maximum absolute atomic E-state index is 12.8. The number of aliphatic hydroxyl groups excluding tert-OH is 10. The number of alkyl halides is 4. The van der Waals surface area contributed by atoms with E-state index in [1.54, 1.807) is 63.2 Å². The molecule has 0 amide bonds. The van der Waals surface area contributed by atoms with Crippen LogP contribution in [0.2, 0.25) is 0 Å². The topological polar surface area (TPSA) is 434 Å². The van der Waals surface area contributed by atoms with Crippen LogP contribution in [0.3, 0.4) is 0 Å². The summed E-state index contributed by atoms with van der Waals surface area (Å²) >= 11 is 0. The molecule has 0 saturated heterocycles. The average molecular weight is 1800 g/mol. The number of unbranched alkanes of at least 4 members (excludes halogenated alkanes) is 2. The van der Waals surface area contributed by atoms with E-state index in [0.717, 1.165) is 123 Å². The Kier molecular flexibility index (Phi) is 58.8. The summed E-state index contributed by atoms with van der Waals surface area (Å²) in [6.07, 6.45) is 8.16. The smallest absolute Gasteiger partial charge is 0.206 e. The van der Waals surface area contributed by atoms with E-state index in [9.17, 15) is 88.3 Å². The van der Waals surface area contributed by atoms with Crippen LogP contribution in [-0.4, -0.2) is 138 Å². The van der Waals surface area contributed by atoms with Crippen molar-refractivity contribution in [1.29, 1.82) is 5.41 Å². The monoisotopic (exact) mass is 1800 g/mol. The molecular weight excluding hydrogens is 1650 g/mol. The summed E-state index contributed by atoms with van der Waals surface area (Å²) in [7, 11) is 0. The largest absolute Gasteiger partial charge is 0.508 e. The first-order chi connectivity index (χ1) is 60.7. The summed E-state index contributed by atoms with van der Waals surface area (Å²) in [4.78, 5) is 4.08. The molecule has 9 unspecified atom stereocenters. The molecule has 0 spiro atoms. The van der Waals surface area contributed by atoms with Crippen molar-refractivity contribution >= 4 is 11.5 Å². The number of aliphatic hydroxyl groups is 10. The number of nitrogens with zero attached hydrogens (tertiary/aromatic N) is 1. The highest BCUT2D eigenvalue weighted by Crippen LogP contribution is 2.41. The molecule has 0 bridgehead atoms. The highest BCUT2D eigenvalue weighted by Gasteiger charge is 2.23. The van der Waals surface area contributed by atoms with E-state index in [1.807, 2.05) is 103 Å². The number of nitrogens with one attached hydrogen (secondary N) is 1. The molecule has 0 aliphatic heterocycles. The molecule has 0 aromatic heterocycles. The molecule has 8 rings (SSSR count). The molecule has 0 saturated carbocycles. The fourth-order valence-electron chi connectivity index (χ4n) is 12.4. The first-order valence-electron chi connectivity index (χ1n) is 43.7. The van der Waals surface area contributed by atoms with E-state index < -0.39 is 80.6 Å². The zero-order valence-electron chi connectivity index (χ0n) is 77.0. The van der Waals surface area contributed by atoms with Crippen molar-refractivity contribution in [3.8, 4) is 57.5 Å². The van der Waals surface area contributed by atoms with Crippen LogP contribution < -0.4 is 19.9 Å². The van der Waals surface area contributed by atoms with E-state index in [-0.39, 0.29) is 116 Å². The van der Waals surface area contributed by atoms with Gasteiger partial charge in [-0.25, -0.2) is 17.6 Å². The molecule has 716 valence electrons. The summed E-state index contributed by atoms with van der Waals surface area (Å²) in [5, 5.41) is 169. The van der Waals surface area contributed by atoms with Gasteiger partial charge in [-0.2, -0.15) is 4.39 Å². The van der Waals surface area contributed by atoms with Crippen molar-refractivity contribution in [1.82, 2.24) is 0 Å². The van der Waals surface area contributed by atoms with E-state index in [2.05, 4.69) is 32.7 Å². The zero-order chi connectivity index (χ0) is 96.7. The Morgan fingerprint density at radius 2 is 0.797 bits per heavy atom. The summed E-state index contributed by atoms with van der Waals surface area (Å²) in [6, 6.07) is 39.7. The summed E-state index contributed by atoms with van der Waals surface area (Å²) in [5.41, 5.74) is 15.0. The number of phenolic OH excluding ortho intramolecular Hbond substituents is 7. The Morgan fingerprint density at radius 3 is 1.21 bits per heavy atom. The number of amidine groups is 1. The van der Waals surface area contributed by atoms with Gasteiger partial charge in [0.1, 0.15) is 63.8 Å². The van der Waals surface area contributed by atoms with Crippen LogP contribution in [0.25, 0.3) is 0 Å². The first kappa shape index (κ1) is 116. The maximum Gasteiger partial charge on any atom is 0.206 e. The lowest BCUT2D eigenvalue weighted by atomic mass is 9.91. The molecule has 0 radical (unpaired) electrons. The van der Waals surface area contributed by atoms with E-state index in [1.165, 1.54) is 42.0 Å². The molecule has 128 heavy (non-hydrogen) atoms. The third kappa shape index (κ3) is 44.4. The SMILES string of the molecule is CC(=N)CCCc1cccc(OCC[18F])c1.CC(C)C(O)c1cc(O)c(OCC[18F])c(O)c1.CC(C)C(O)c1cc(O)c([18F])c(O)c1.CC(C)C(O)c1ccc(C[18F])c(O)c1.CC(N)=NCc1cccc(OCC[18F])c1.CCC(C)CCC(O)c1ccc(CO)c(CO)c1.CCCCC(C)C(O)c1ccc(CO)c(CO)c1.CCCCC(C)C(O)c1ccc(O)c(O)c1. The number of aromatic hydroxyl groups is 7. The Hall–Kier alpha value is -9.85. The lowest BCUT2D eigenvalue weighted by Gasteiger charge is -2.20. The third-order valence-corrected chi connectivity index (χ3v) is 20.6. The highest BCUT2D eigenvalue weighted by molar-refractivity contribution is 5.78. The van der Waals surface area contributed by atoms with Gasteiger partial charge in [-0.1, -0.05) is 194 Å². The van der Waals surface area contributed by atoms with Crippen molar-refractivity contribution in [2.75, 3.05) is 39.8 Å². The number of benzene rings is 8. The lowest BCUT2D eigenvalue weighted by molar-refractivity contribution is 0.111. The number of rotatable bonds is 41. The van der Waals surface area contributed by atoms with Crippen molar-refractivity contribution < 1.29 is 123 Å². The third-order valence-electron chi connectivity index (χ3n) is 20.6. The fraction of sp³-hybridized carbons (Fsp3) is 0.500. The Morgan fingerprint density at radius 1 is 0.406 bits per heavy atom. The molecule has 20 N–H and O–H groups in total. The minimum atomic E-state index is -1.07. The zero-order valence-corrected chi connectivity index (χ0v) is 77.0. The van der Waals surface area contributed by atoms with Crippen LogP contribution >= 0.6 is 0 Å². The standard InChI is InChI=1S/2C15H24O3.C13H18FNO.C13H20O3.C12H17FO4.C11H15FN2O.C11H15FO2.C10H13FO3/c1-3-11(2)4-7-15(18)12-5-6-13(9-16)14(8-12)10-17;1-3-4-5-11(2)15(18)12-6-7-13(9-16)14(8-12)10-17;1-11(15)4-2-5-12-6-3-7-13(10-12)16-9-8-14;1-3-4-5-9(2)13(16)10-6-7-11(14)12(15)8-10;1-7(2)11(16)8-5-9(14)12(10(15)6-8)17-4-3-13;1-9(13)14-8-10-3-2-4-11(7-10)15-6-5-12;1-7(2)11(14)8-3-4-9(6-12)10(13)5-8;1-5(2)10(14)6-3-7(12)9(11)8(13)4-6/h5-6,8,11,15-18H,3-4,7,9-10H2,1-2H3;6-8,11,15-18H,3-5,9-10H2,1-2H3;3,6-7,10,15H,2,4-5,8-9H2,1H3;6-9,13-16H,3-5H2,1-2H3;5-7,11,14-16H,3-4H2,1-2H3;2-4,7H,5-6,8H2,1H3,(H2,13,14);3-5,7,11,13-14H,6H2,1-2H3;3-5,10,12-14H,1-2H3/i;;14-1;;13-1;2*12-1;11-1. The molecule has 9 atom stereocenters. The van der Waals surface area contributed by atoms with Gasteiger partial charge in [-0.15, -0.1) is 0 Å². The molecule has 0 aliphatic rings. The van der Waals surface area contributed by atoms with Crippen LogP contribution in [0.1, 0.15) is 277 Å². The number of hydrogen-bond acceptors (Lipinski definition) is 22. The second kappa shape index (κ2) is 64.8. The van der Waals surface area contributed by atoms with E-state index in [4.69, 9.17) is 45.8 Å². The molecule has 28 heteroatoms. The summed E-state index contributed by atoms with van der Waals surface area (Å²) < 4.78 is 76.0. The lowest BCUT2D eigenvalue weighted by Crippen LogP contribution is -2.10. The normalized spacial score (nSPS) is 13.1. The van der Waals surface area contributed by atoms with Crippen molar-refractivity contribution in [3.63, 3.8) is 0 Å². The number of halogens is 5. The number of ether oxygens (including phenoxy) is 3. The predicted octanol–water partition coefficient (Wildman–Crippen LogP) is 19.9. The van der Waals surface area contributed by atoms with Gasteiger partial charge in [0.25, 0.3) is 0 Å². The first-order valence-corrected chi connectivity index (χ1v) is 43.7. The molecular formula is C100H146F5N3O20.